The summed E-state index contributed by atoms with van der Waals surface area (Å²) in [5.74, 6) is 0.880. The molecule has 0 bridgehead atoms. The number of piperidine rings is 1. The molecule has 1 unspecified atom stereocenters. The second kappa shape index (κ2) is 11.3. The van der Waals surface area contributed by atoms with Crippen LogP contribution in [-0.2, 0) is 4.74 Å². The zero-order chi connectivity index (χ0) is 22.2. The fourth-order valence-electron chi connectivity index (χ4n) is 4.80. The summed E-state index contributed by atoms with van der Waals surface area (Å²) < 4.78 is 5.69. The van der Waals surface area contributed by atoms with Crippen LogP contribution in [0.15, 0.2) is 35.3 Å². The first-order valence-electron chi connectivity index (χ1n) is 12.0. The first-order chi connectivity index (χ1) is 14.9. The van der Waals surface area contributed by atoms with Crippen LogP contribution in [0.4, 0.5) is 0 Å². The van der Waals surface area contributed by atoms with Crippen LogP contribution in [0.2, 0.25) is 0 Å². The van der Waals surface area contributed by atoms with Crippen LogP contribution < -0.4 is 16.0 Å². The standard InChI is InChI=1S/C25H43N5O/c1-21(22-11-7-5-8-12-22)29-25(13-17-31-18-14-25)20-28-23(26-4)27-19-24(2,3)30-15-9-6-10-16-30/h5,7-8,11-12,21,29H,6,9-10,13-20H2,1-4H3,(H2,26,27,28). The van der Waals surface area contributed by atoms with E-state index < -0.39 is 0 Å². The number of benzene rings is 1. The molecule has 2 saturated heterocycles. The van der Waals surface area contributed by atoms with Crippen LogP contribution in [0, 0.1) is 0 Å². The Balaban J connectivity index is 1.56. The summed E-state index contributed by atoms with van der Waals surface area (Å²) in [6.07, 6.45) is 5.98. The first kappa shape index (κ1) is 24.0. The highest BCUT2D eigenvalue weighted by Crippen LogP contribution is 2.25. The third kappa shape index (κ3) is 6.93. The molecule has 0 aromatic heterocycles. The highest BCUT2D eigenvalue weighted by Gasteiger charge is 2.34. The van der Waals surface area contributed by atoms with Gasteiger partial charge in [-0.1, -0.05) is 36.8 Å². The first-order valence-corrected chi connectivity index (χ1v) is 12.0. The van der Waals surface area contributed by atoms with Crippen molar-refractivity contribution in [3.63, 3.8) is 0 Å². The molecule has 0 saturated carbocycles. The number of hydrogen-bond acceptors (Lipinski definition) is 4. The predicted octanol–water partition coefficient (Wildman–Crippen LogP) is 3.32. The second-order valence-corrected chi connectivity index (χ2v) is 9.81. The average Bonchev–Trinajstić information content (AvgIpc) is 2.81. The highest BCUT2D eigenvalue weighted by molar-refractivity contribution is 5.79. The van der Waals surface area contributed by atoms with Gasteiger partial charge in [-0.25, -0.2) is 0 Å². The molecule has 2 fully saturated rings. The number of likely N-dealkylation sites (tertiary alicyclic amines) is 1. The molecule has 2 aliphatic rings. The van der Waals surface area contributed by atoms with Gasteiger partial charge in [-0.15, -0.1) is 0 Å². The average molecular weight is 430 g/mol. The fraction of sp³-hybridized carbons (Fsp3) is 0.720. The van der Waals surface area contributed by atoms with E-state index >= 15 is 0 Å². The monoisotopic (exact) mass is 429 g/mol. The Hall–Kier alpha value is -1.63. The molecule has 2 heterocycles. The van der Waals surface area contributed by atoms with Gasteiger partial charge in [0.05, 0.1) is 0 Å². The molecule has 31 heavy (non-hydrogen) atoms. The Labute approximate surface area is 189 Å². The minimum Gasteiger partial charge on any atom is -0.381 e. The maximum Gasteiger partial charge on any atom is 0.191 e. The molecule has 1 aromatic rings. The number of nitrogens with zero attached hydrogens (tertiary/aromatic N) is 2. The quantitative estimate of drug-likeness (QED) is 0.437. The minimum absolute atomic E-state index is 0.00643. The number of ether oxygens (including phenoxy) is 1. The van der Waals surface area contributed by atoms with Crippen molar-refractivity contribution in [3.8, 4) is 0 Å². The zero-order valence-corrected chi connectivity index (χ0v) is 20.0. The molecule has 3 rings (SSSR count). The third-order valence-electron chi connectivity index (χ3n) is 6.99. The smallest absolute Gasteiger partial charge is 0.191 e. The van der Waals surface area contributed by atoms with E-state index in [1.165, 1.54) is 37.9 Å². The van der Waals surface area contributed by atoms with E-state index in [0.29, 0.717) is 0 Å². The molecule has 0 spiro atoms. The van der Waals surface area contributed by atoms with Crippen molar-refractivity contribution >= 4 is 5.96 Å². The van der Waals surface area contributed by atoms with Gasteiger partial charge in [-0.05, 0) is 65.1 Å². The van der Waals surface area contributed by atoms with Crippen LogP contribution in [0.3, 0.4) is 0 Å². The molecule has 6 heteroatoms. The molecule has 3 N–H and O–H groups in total. The molecular formula is C25H43N5O. The van der Waals surface area contributed by atoms with E-state index in [0.717, 1.165) is 45.1 Å². The van der Waals surface area contributed by atoms with E-state index in [1.54, 1.807) is 0 Å². The summed E-state index contributed by atoms with van der Waals surface area (Å²) in [5, 5.41) is 11.1. The lowest BCUT2D eigenvalue weighted by molar-refractivity contribution is 0.0354. The van der Waals surface area contributed by atoms with Gasteiger partial charge >= 0.3 is 0 Å². The predicted molar refractivity (Wildman–Crippen MR) is 130 cm³/mol. The molecule has 2 aliphatic heterocycles. The molecule has 6 nitrogen and oxygen atoms in total. The largest absolute Gasteiger partial charge is 0.381 e. The van der Waals surface area contributed by atoms with E-state index in [-0.39, 0.29) is 17.1 Å². The lowest BCUT2D eigenvalue weighted by Crippen LogP contribution is -2.59. The number of aliphatic imine (C=N–C) groups is 1. The van der Waals surface area contributed by atoms with Crippen molar-refractivity contribution in [3.05, 3.63) is 35.9 Å². The summed E-state index contributed by atoms with van der Waals surface area (Å²) >= 11 is 0. The minimum atomic E-state index is -0.00643. The van der Waals surface area contributed by atoms with Crippen LogP contribution in [-0.4, -0.2) is 68.4 Å². The fourth-order valence-corrected chi connectivity index (χ4v) is 4.80. The molecular weight excluding hydrogens is 386 g/mol. The topological polar surface area (TPSA) is 60.9 Å². The van der Waals surface area contributed by atoms with Gasteiger partial charge in [-0.3, -0.25) is 9.89 Å². The molecule has 0 aliphatic carbocycles. The van der Waals surface area contributed by atoms with Gasteiger partial charge in [0, 0.05) is 50.5 Å². The molecule has 0 radical (unpaired) electrons. The Morgan fingerprint density at radius 1 is 1.10 bits per heavy atom. The third-order valence-corrected chi connectivity index (χ3v) is 6.99. The zero-order valence-electron chi connectivity index (χ0n) is 20.0. The van der Waals surface area contributed by atoms with Crippen LogP contribution >= 0.6 is 0 Å². The van der Waals surface area contributed by atoms with Crippen LogP contribution in [0.1, 0.15) is 64.5 Å². The number of rotatable bonds is 8. The SMILES string of the molecule is CN=C(NCC1(NC(C)c2ccccc2)CCOCC1)NCC(C)(C)N1CCCCC1. The molecule has 0 amide bonds. The Morgan fingerprint density at radius 2 is 1.77 bits per heavy atom. The Bertz CT molecular complexity index is 678. The van der Waals surface area contributed by atoms with Crippen molar-refractivity contribution in [2.75, 3.05) is 46.4 Å². The summed E-state index contributed by atoms with van der Waals surface area (Å²) in [5.41, 5.74) is 1.43. The van der Waals surface area contributed by atoms with Crippen molar-refractivity contribution in [1.29, 1.82) is 0 Å². The van der Waals surface area contributed by atoms with Gasteiger partial charge in [0.25, 0.3) is 0 Å². The van der Waals surface area contributed by atoms with Gasteiger partial charge in [0.15, 0.2) is 5.96 Å². The van der Waals surface area contributed by atoms with E-state index in [2.05, 4.69) is 76.9 Å². The van der Waals surface area contributed by atoms with E-state index in [1.807, 2.05) is 7.05 Å². The summed E-state index contributed by atoms with van der Waals surface area (Å²) in [6.45, 7) is 12.6. The van der Waals surface area contributed by atoms with Gasteiger partial charge < -0.3 is 20.7 Å². The highest BCUT2D eigenvalue weighted by atomic mass is 16.5. The molecule has 1 aromatic carbocycles. The molecule has 174 valence electrons. The van der Waals surface area contributed by atoms with Crippen LogP contribution in [0.5, 0.6) is 0 Å². The second-order valence-electron chi connectivity index (χ2n) is 9.81. The summed E-state index contributed by atoms with van der Waals surface area (Å²) in [4.78, 5) is 7.12. The van der Waals surface area contributed by atoms with E-state index in [4.69, 9.17) is 4.74 Å². The van der Waals surface area contributed by atoms with Crippen molar-refractivity contribution in [2.45, 2.75) is 70.0 Å². The lowest BCUT2D eigenvalue weighted by Gasteiger charge is -2.42. The van der Waals surface area contributed by atoms with Gasteiger partial charge in [0.1, 0.15) is 0 Å². The van der Waals surface area contributed by atoms with Crippen molar-refractivity contribution in [1.82, 2.24) is 20.9 Å². The van der Waals surface area contributed by atoms with Crippen molar-refractivity contribution in [2.24, 2.45) is 4.99 Å². The molecule has 1 atom stereocenters. The van der Waals surface area contributed by atoms with Gasteiger partial charge in [0.2, 0.25) is 0 Å². The van der Waals surface area contributed by atoms with E-state index in [9.17, 15) is 0 Å². The Morgan fingerprint density at radius 3 is 2.42 bits per heavy atom. The summed E-state index contributed by atoms with van der Waals surface area (Å²) in [7, 11) is 1.86. The summed E-state index contributed by atoms with van der Waals surface area (Å²) in [6, 6.07) is 11.0. The number of hydrogen-bond donors (Lipinski definition) is 3. The number of guanidine groups is 1. The van der Waals surface area contributed by atoms with Crippen LogP contribution in [0.25, 0.3) is 0 Å². The normalized spacial score (nSPS) is 21.5. The maximum atomic E-state index is 5.69. The number of nitrogens with one attached hydrogen (secondary N) is 3. The maximum absolute atomic E-state index is 5.69. The lowest BCUT2D eigenvalue weighted by atomic mass is 9.88. The Kier molecular flexibility index (Phi) is 8.76. The van der Waals surface area contributed by atoms with Crippen molar-refractivity contribution < 1.29 is 4.74 Å². The van der Waals surface area contributed by atoms with Gasteiger partial charge in [-0.2, -0.15) is 0 Å².